The predicted molar refractivity (Wildman–Crippen MR) is 238 cm³/mol. The number of carbonyl (C=O) groups is 5. The molecule has 4 aromatic carbocycles. The fourth-order valence-corrected chi connectivity index (χ4v) is 6.78. The van der Waals surface area contributed by atoms with Gasteiger partial charge in [0.25, 0.3) is 5.91 Å². The lowest BCUT2D eigenvalue weighted by Gasteiger charge is -2.11. The maximum absolute atomic E-state index is 12.8. The Kier molecular flexibility index (Phi) is 22.2. The lowest BCUT2D eigenvalue weighted by atomic mass is 10.0. The number of carbonyl (C=O) groups excluding carboxylic acids is 5. The van der Waals surface area contributed by atoms with Crippen LogP contribution in [-0.2, 0) is 20.7 Å². The number of amides is 1. The molecule has 0 radical (unpaired) electrons. The molecule has 1 amide bonds. The molecular weight excluding hydrogens is 794 g/mol. The van der Waals surface area contributed by atoms with E-state index < -0.39 is 29.3 Å². The summed E-state index contributed by atoms with van der Waals surface area (Å²) in [5.41, 5.74) is 1.73. The van der Waals surface area contributed by atoms with Crippen LogP contribution in [-0.4, -0.2) is 48.3 Å². The van der Waals surface area contributed by atoms with Gasteiger partial charge in [-0.1, -0.05) is 134 Å². The highest BCUT2D eigenvalue weighted by molar-refractivity contribution is 6.30. The molecule has 61 heavy (non-hydrogen) atoms. The largest absolute Gasteiger partial charge is 0.462 e. The third-order valence-corrected chi connectivity index (χ3v) is 10.4. The lowest BCUT2D eigenvalue weighted by molar-refractivity contribution is -0.134. The number of rotatable bonds is 28. The van der Waals surface area contributed by atoms with E-state index in [1.165, 1.54) is 120 Å². The molecule has 1 unspecified atom stereocenters. The summed E-state index contributed by atoms with van der Waals surface area (Å²) in [7, 11) is 0. The summed E-state index contributed by atoms with van der Waals surface area (Å²) in [5, 5.41) is 1.49. The molecule has 0 aliphatic heterocycles. The fourth-order valence-electron chi connectivity index (χ4n) is 6.56. The minimum atomic E-state index is -1.02. The molecule has 10 nitrogen and oxygen atoms in total. The molecule has 0 fully saturated rings. The number of ether oxygens (including phenoxy) is 4. The van der Waals surface area contributed by atoms with E-state index in [-0.39, 0.29) is 41.7 Å². The first-order valence-electron chi connectivity index (χ1n) is 21.8. The summed E-state index contributed by atoms with van der Waals surface area (Å²) in [6, 6.07) is 27.0. The third kappa shape index (κ3) is 19.2. The summed E-state index contributed by atoms with van der Waals surface area (Å²) >= 11 is 6.34. The molecule has 0 saturated carbocycles. The molecule has 0 aliphatic carbocycles. The second-order valence-corrected chi connectivity index (χ2v) is 15.7. The van der Waals surface area contributed by atoms with Crippen LogP contribution in [0.15, 0.2) is 103 Å². The van der Waals surface area contributed by atoms with Crippen molar-refractivity contribution in [1.29, 1.82) is 0 Å². The number of hydrogen-bond acceptors (Lipinski definition) is 9. The van der Waals surface area contributed by atoms with E-state index in [1.54, 1.807) is 66.7 Å². The smallest absolute Gasteiger partial charge is 0.343 e. The topological polar surface area (TPSA) is 134 Å². The van der Waals surface area contributed by atoms with Crippen molar-refractivity contribution in [2.75, 3.05) is 13.2 Å². The molecule has 0 aromatic heterocycles. The van der Waals surface area contributed by atoms with Gasteiger partial charge in [-0.15, -0.1) is 11.6 Å². The van der Waals surface area contributed by atoms with E-state index in [2.05, 4.69) is 12.2 Å². The van der Waals surface area contributed by atoms with Gasteiger partial charge in [-0.3, -0.25) is 9.59 Å². The highest BCUT2D eigenvalue weighted by atomic mass is 35.5. The molecule has 4 rings (SSSR count). The van der Waals surface area contributed by atoms with Crippen LogP contribution in [0.4, 0.5) is 0 Å². The zero-order valence-electron chi connectivity index (χ0n) is 35.4. The quantitative estimate of drug-likeness (QED) is 0.0256. The number of halogens is 1. The monoisotopic (exact) mass is 853 g/mol. The molecule has 11 heteroatoms. The van der Waals surface area contributed by atoms with Crippen molar-refractivity contribution < 1.29 is 42.9 Å². The van der Waals surface area contributed by atoms with Crippen molar-refractivity contribution in [1.82, 2.24) is 5.32 Å². The summed E-state index contributed by atoms with van der Waals surface area (Å²) in [6.07, 6.45) is 20.7. The fraction of sp³-hybridized carbons (Fsp3) is 0.420. The van der Waals surface area contributed by atoms with Gasteiger partial charge in [0.2, 0.25) is 0 Å². The standard InChI is InChI=1S/C50H60ClNO9/c1-2-3-4-5-6-7-8-9-10-11-12-13-14-15-16-20-35-58-48(55)40-25-31-43(32-26-40)60-49(56)41-27-33-44(34-28-41)61-50(57)45(51)36-38-23-29-42(30-24-38)59-46(53)37-52-47(54)39-21-18-17-19-22-39/h17-19,21-34,45H,2-16,20,35-37H2,1H3,(H,52,54). The predicted octanol–water partition coefficient (Wildman–Crippen LogP) is 11.4. The van der Waals surface area contributed by atoms with Crippen molar-refractivity contribution in [3.63, 3.8) is 0 Å². The Hall–Kier alpha value is -5.48. The highest BCUT2D eigenvalue weighted by Gasteiger charge is 2.20. The molecule has 326 valence electrons. The van der Waals surface area contributed by atoms with Gasteiger partial charge in [-0.2, -0.15) is 0 Å². The third-order valence-electron chi connectivity index (χ3n) is 10.1. The van der Waals surface area contributed by atoms with E-state index in [0.29, 0.717) is 23.3 Å². The zero-order chi connectivity index (χ0) is 43.5. The second kappa shape index (κ2) is 28.1. The molecule has 0 bridgehead atoms. The maximum Gasteiger partial charge on any atom is 0.343 e. The van der Waals surface area contributed by atoms with Crippen LogP contribution in [0.2, 0.25) is 0 Å². The van der Waals surface area contributed by atoms with Crippen molar-refractivity contribution >= 4 is 41.4 Å². The highest BCUT2D eigenvalue weighted by Crippen LogP contribution is 2.21. The molecule has 0 saturated heterocycles. The van der Waals surface area contributed by atoms with Crippen LogP contribution in [0.5, 0.6) is 17.2 Å². The number of alkyl halides is 1. The Morgan fingerprint density at radius 3 is 1.51 bits per heavy atom. The number of esters is 4. The van der Waals surface area contributed by atoms with Crippen molar-refractivity contribution in [3.8, 4) is 17.2 Å². The van der Waals surface area contributed by atoms with Crippen LogP contribution >= 0.6 is 11.6 Å². The SMILES string of the molecule is CCCCCCCCCCCCCCCCCCOC(=O)c1ccc(OC(=O)c2ccc(OC(=O)C(Cl)Cc3ccc(OC(=O)CNC(=O)c4ccccc4)cc3)cc2)cc1. The van der Waals surface area contributed by atoms with Crippen LogP contribution in [0.3, 0.4) is 0 Å². The zero-order valence-corrected chi connectivity index (χ0v) is 36.1. The Labute approximate surface area is 365 Å². The first-order valence-corrected chi connectivity index (χ1v) is 22.2. The van der Waals surface area contributed by atoms with E-state index >= 15 is 0 Å². The minimum Gasteiger partial charge on any atom is -0.462 e. The second-order valence-electron chi connectivity index (χ2n) is 15.1. The van der Waals surface area contributed by atoms with Crippen molar-refractivity contribution in [2.45, 2.75) is 121 Å². The Morgan fingerprint density at radius 1 is 0.508 bits per heavy atom. The van der Waals surface area contributed by atoms with Crippen LogP contribution in [0.25, 0.3) is 0 Å². The van der Waals surface area contributed by atoms with Gasteiger partial charge in [0.05, 0.1) is 17.7 Å². The molecule has 4 aromatic rings. The van der Waals surface area contributed by atoms with Gasteiger partial charge >= 0.3 is 23.9 Å². The van der Waals surface area contributed by atoms with Gasteiger partial charge < -0.3 is 24.3 Å². The van der Waals surface area contributed by atoms with E-state index in [9.17, 15) is 24.0 Å². The molecule has 0 aliphatic rings. The number of benzene rings is 4. The summed E-state index contributed by atoms with van der Waals surface area (Å²) < 4.78 is 21.6. The number of hydrogen-bond donors (Lipinski definition) is 1. The van der Waals surface area contributed by atoms with Crippen LogP contribution in [0.1, 0.15) is 146 Å². The summed E-state index contributed by atoms with van der Waals surface area (Å²) in [6.45, 7) is 2.33. The summed E-state index contributed by atoms with van der Waals surface area (Å²) in [4.78, 5) is 62.3. The van der Waals surface area contributed by atoms with Gasteiger partial charge in [-0.25, -0.2) is 14.4 Å². The maximum atomic E-state index is 12.8. The lowest BCUT2D eigenvalue weighted by Crippen LogP contribution is -2.31. The van der Waals surface area contributed by atoms with Crippen molar-refractivity contribution in [3.05, 3.63) is 125 Å². The summed E-state index contributed by atoms with van der Waals surface area (Å²) in [5.74, 6) is -2.04. The van der Waals surface area contributed by atoms with E-state index in [0.717, 1.165) is 19.3 Å². The molecule has 1 N–H and O–H groups in total. The molecule has 0 heterocycles. The van der Waals surface area contributed by atoms with Crippen molar-refractivity contribution in [2.24, 2.45) is 0 Å². The average molecular weight is 854 g/mol. The first kappa shape index (κ1) is 48.2. The first-order chi connectivity index (χ1) is 29.7. The minimum absolute atomic E-state index is 0.141. The molecule has 0 spiro atoms. The Balaban J connectivity index is 1.05. The van der Waals surface area contributed by atoms with Gasteiger partial charge in [0.1, 0.15) is 29.2 Å². The van der Waals surface area contributed by atoms with Crippen LogP contribution in [0, 0.1) is 0 Å². The van der Waals surface area contributed by atoms with Gasteiger partial charge in [-0.05, 0) is 91.2 Å². The average Bonchev–Trinajstić information content (AvgIpc) is 3.28. The number of unbranched alkanes of at least 4 members (excludes halogenated alkanes) is 15. The van der Waals surface area contributed by atoms with E-state index in [4.69, 9.17) is 30.5 Å². The molecule has 1 atom stereocenters. The Bertz CT molecular complexity index is 1920. The van der Waals surface area contributed by atoms with E-state index in [1.807, 2.05) is 0 Å². The van der Waals surface area contributed by atoms with Gasteiger partial charge in [0, 0.05) is 5.56 Å². The van der Waals surface area contributed by atoms with Gasteiger partial charge in [0.15, 0.2) is 0 Å². The normalized spacial score (nSPS) is 11.3. The Morgan fingerprint density at radius 2 is 0.967 bits per heavy atom. The van der Waals surface area contributed by atoms with Crippen LogP contribution < -0.4 is 19.5 Å². The molecular formula is C50H60ClNO9. The number of nitrogens with one attached hydrogen (secondary N) is 1.